The van der Waals surface area contributed by atoms with E-state index in [9.17, 15) is 8.42 Å². The molecular weight excluding hydrogens is 304 g/mol. The Kier molecular flexibility index (Phi) is 4.35. The first-order valence-electron chi connectivity index (χ1n) is 7.06. The van der Waals surface area contributed by atoms with Crippen molar-refractivity contribution in [1.82, 2.24) is 4.31 Å². The Hall–Kier alpha value is -0.720. The van der Waals surface area contributed by atoms with Gasteiger partial charge in [0.15, 0.2) is 0 Å². The molecule has 1 aliphatic rings. The monoisotopic (exact) mass is 328 g/mol. The SMILES string of the molecule is Cc1cc(C)c(S(=O)(=O)N2CCSC(C)(C)C2)c(C)c1N. The summed E-state index contributed by atoms with van der Waals surface area (Å²) in [7, 11) is -3.49. The molecule has 1 saturated heterocycles. The van der Waals surface area contributed by atoms with Crippen LogP contribution >= 0.6 is 11.8 Å². The highest BCUT2D eigenvalue weighted by molar-refractivity contribution is 8.00. The molecule has 2 N–H and O–H groups in total. The number of thioether (sulfide) groups is 1. The second kappa shape index (κ2) is 5.48. The van der Waals surface area contributed by atoms with E-state index < -0.39 is 10.0 Å². The topological polar surface area (TPSA) is 63.4 Å². The summed E-state index contributed by atoms with van der Waals surface area (Å²) in [6.07, 6.45) is 0. The highest BCUT2D eigenvalue weighted by Crippen LogP contribution is 2.35. The number of hydrogen-bond acceptors (Lipinski definition) is 4. The van der Waals surface area contributed by atoms with Crippen molar-refractivity contribution in [2.45, 2.75) is 44.3 Å². The number of nitrogens with two attached hydrogens (primary N) is 1. The second-order valence-electron chi connectivity index (χ2n) is 6.32. The third-order valence-electron chi connectivity index (χ3n) is 3.95. The minimum absolute atomic E-state index is 0.0522. The average Bonchev–Trinajstić information content (AvgIpc) is 2.34. The van der Waals surface area contributed by atoms with Crippen LogP contribution in [0.1, 0.15) is 30.5 Å². The number of sulfonamides is 1. The Bertz CT molecular complexity index is 667. The summed E-state index contributed by atoms with van der Waals surface area (Å²) in [5.41, 5.74) is 8.99. The molecule has 0 bridgehead atoms. The van der Waals surface area contributed by atoms with Gasteiger partial charge in [0.25, 0.3) is 0 Å². The van der Waals surface area contributed by atoms with Crippen LogP contribution in [0.15, 0.2) is 11.0 Å². The van der Waals surface area contributed by atoms with Gasteiger partial charge >= 0.3 is 0 Å². The largest absolute Gasteiger partial charge is 0.398 e. The first kappa shape index (κ1) is 16.6. The molecule has 0 aromatic heterocycles. The van der Waals surface area contributed by atoms with Crippen LogP contribution in [0.5, 0.6) is 0 Å². The van der Waals surface area contributed by atoms with Crippen molar-refractivity contribution < 1.29 is 8.42 Å². The third-order valence-corrected chi connectivity index (χ3v) is 7.38. The molecule has 1 aliphatic heterocycles. The van der Waals surface area contributed by atoms with Crippen molar-refractivity contribution in [2.24, 2.45) is 0 Å². The Morgan fingerprint density at radius 2 is 1.86 bits per heavy atom. The lowest BCUT2D eigenvalue weighted by Gasteiger charge is -2.37. The van der Waals surface area contributed by atoms with Gasteiger partial charge in [0, 0.05) is 29.3 Å². The normalized spacial score (nSPS) is 19.7. The van der Waals surface area contributed by atoms with E-state index in [2.05, 4.69) is 13.8 Å². The highest BCUT2D eigenvalue weighted by Gasteiger charge is 2.36. The molecule has 21 heavy (non-hydrogen) atoms. The van der Waals surface area contributed by atoms with Crippen molar-refractivity contribution in [1.29, 1.82) is 0 Å². The molecule has 0 amide bonds. The highest BCUT2D eigenvalue weighted by atomic mass is 32.2. The van der Waals surface area contributed by atoms with Gasteiger partial charge in [0.1, 0.15) is 0 Å². The quantitative estimate of drug-likeness (QED) is 0.848. The van der Waals surface area contributed by atoms with Crippen LogP contribution < -0.4 is 5.73 Å². The van der Waals surface area contributed by atoms with E-state index in [1.807, 2.05) is 31.7 Å². The molecule has 6 heteroatoms. The number of hydrogen-bond donors (Lipinski definition) is 1. The van der Waals surface area contributed by atoms with E-state index in [1.165, 1.54) is 0 Å². The lowest BCUT2D eigenvalue weighted by Crippen LogP contribution is -2.46. The minimum Gasteiger partial charge on any atom is -0.398 e. The third kappa shape index (κ3) is 3.07. The molecule has 4 nitrogen and oxygen atoms in total. The van der Waals surface area contributed by atoms with E-state index in [4.69, 9.17) is 5.73 Å². The van der Waals surface area contributed by atoms with Crippen molar-refractivity contribution in [3.05, 3.63) is 22.8 Å². The molecule has 0 unspecified atom stereocenters. The van der Waals surface area contributed by atoms with Crippen LogP contribution in [0.2, 0.25) is 0 Å². The van der Waals surface area contributed by atoms with Crippen molar-refractivity contribution in [2.75, 3.05) is 24.6 Å². The van der Waals surface area contributed by atoms with Gasteiger partial charge in [-0.1, -0.05) is 6.07 Å². The first-order chi connectivity index (χ1) is 9.56. The smallest absolute Gasteiger partial charge is 0.243 e. The minimum atomic E-state index is -3.49. The molecule has 0 atom stereocenters. The zero-order valence-corrected chi connectivity index (χ0v) is 15.0. The molecule has 1 fully saturated rings. The number of benzene rings is 1. The molecule has 118 valence electrons. The van der Waals surface area contributed by atoms with Gasteiger partial charge in [-0.25, -0.2) is 8.42 Å². The van der Waals surface area contributed by atoms with Crippen LogP contribution in [0, 0.1) is 20.8 Å². The fourth-order valence-electron chi connectivity index (χ4n) is 2.89. The zero-order valence-electron chi connectivity index (χ0n) is 13.4. The van der Waals surface area contributed by atoms with Crippen LogP contribution in [0.3, 0.4) is 0 Å². The van der Waals surface area contributed by atoms with Crippen LogP contribution in [0.4, 0.5) is 5.69 Å². The summed E-state index contributed by atoms with van der Waals surface area (Å²) >= 11 is 1.82. The van der Waals surface area contributed by atoms with E-state index in [1.54, 1.807) is 11.2 Å². The standard InChI is InChI=1S/C15H24N2O2S2/c1-10-8-11(2)14(12(3)13(10)16)21(18,19)17-6-7-20-15(4,5)9-17/h8H,6-7,9,16H2,1-5H3. The Morgan fingerprint density at radius 1 is 1.24 bits per heavy atom. The summed E-state index contributed by atoms with van der Waals surface area (Å²) < 4.78 is 27.6. The van der Waals surface area contributed by atoms with Crippen molar-refractivity contribution >= 4 is 27.5 Å². The maximum Gasteiger partial charge on any atom is 0.243 e. The summed E-state index contributed by atoms with van der Waals surface area (Å²) in [5, 5.41) is 0. The van der Waals surface area contributed by atoms with Gasteiger partial charge in [-0.2, -0.15) is 16.1 Å². The fourth-order valence-corrected chi connectivity index (χ4v) is 6.24. The van der Waals surface area contributed by atoms with Gasteiger partial charge in [0.2, 0.25) is 10.0 Å². The van der Waals surface area contributed by atoms with Gasteiger partial charge < -0.3 is 5.73 Å². The summed E-state index contributed by atoms with van der Waals surface area (Å²) in [6.45, 7) is 10.8. The number of nitrogens with zero attached hydrogens (tertiary/aromatic N) is 1. The molecule has 1 heterocycles. The number of anilines is 1. The van der Waals surface area contributed by atoms with Gasteiger partial charge in [-0.15, -0.1) is 0 Å². The predicted octanol–water partition coefficient (Wildman–Crippen LogP) is 2.71. The fraction of sp³-hybridized carbons (Fsp3) is 0.600. The number of rotatable bonds is 2. The van der Waals surface area contributed by atoms with Crippen LogP contribution in [0.25, 0.3) is 0 Å². The summed E-state index contributed by atoms with van der Waals surface area (Å²) in [5.74, 6) is 0.825. The lowest BCUT2D eigenvalue weighted by molar-refractivity contribution is 0.387. The average molecular weight is 329 g/mol. The van der Waals surface area contributed by atoms with Gasteiger partial charge in [0.05, 0.1) is 4.90 Å². The molecule has 1 aromatic rings. The molecular formula is C15H24N2O2S2. The lowest BCUT2D eigenvalue weighted by atomic mass is 10.1. The van der Waals surface area contributed by atoms with Gasteiger partial charge in [-0.05, 0) is 51.3 Å². The Labute approximate surface area is 132 Å². The van der Waals surface area contributed by atoms with Crippen molar-refractivity contribution in [3.63, 3.8) is 0 Å². The molecule has 2 rings (SSSR count). The van der Waals surface area contributed by atoms with E-state index in [0.717, 1.165) is 16.9 Å². The summed E-state index contributed by atoms with van der Waals surface area (Å²) in [6, 6.07) is 1.86. The van der Waals surface area contributed by atoms with Gasteiger partial charge in [-0.3, -0.25) is 0 Å². The van der Waals surface area contributed by atoms with Crippen molar-refractivity contribution in [3.8, 4) is 0 Å². The first-order valence-corrected chi connectivity index (χ1v) is 9.49. The predicted molar refractivity (Wildman–Crippen MR) is 90.4 cm³/mol. The number of nitrogen functional groups attached to an aromatic ring is 1. The summed E-state index contributed by atoms with van der Waals surface area (Å²) in [4.78, 5) is 0.383. The Balaban J connectivity index is 2.53. The zero-order chi connectivity index (χ0) is 16.0. The van der Waals surface area contributed by atoms with E-state index >= 15 is 0 Å². The van der Waals surface area contributed by atoms with E-state index in [0.29, 0.717) is 29.2 Å². The molecule has 1 aromatic carbocycles. The molecule has 0 aliphatic carbocycles. The Morgan fingerprint density at radius 3 is 2.43 bits per heavy atom. The second-order valence-corrected chi connectivity index (χ2v) is 10.0. The molecule has 0 spiro atoms. The maximum atomic E-state index is 13.0. The molecule has 0 radical (unpaired) electrons. The maximum absolute atomic E-state index is 13.0. The molecule has 0 saturated carbocycles. The van der Waals surface area contributed by atoms with Crippen LogP contribution in [-0.2, 0) is 10.0 Å². The van der Waals surface area contributed by atoms with E-state index in [-0.39, 0.29) is 4.75 Å². The number of aryl methyl sites for hydroxylation is 2. The van der Waals surface area contributed by atoms with Crippen LogP contribution in [-0.4, -0.2) is 36.3 Å².